The molecule has 0 aliphatic carbocycles. The molecule has 24 heavy (non-hydrogen) atoms. The van der Waals surface area contributed by atoms with Crippen molar-refractivity contribution < 1.29 is 0 Å². The number of rotatable bonds is 7. The predicted molar refractivity (Wildman–Crippen MR) is 103 cm³/mol. The van der Waals surface area contributed by atoms with E-state index in [1.165, 1.54) is 11.1 Å². The average molecular weight is 337 g/mol. The minimum absolute atomic E-state index is 0.199. The van der Waals surface area contributed by atoms with Crippen LogP contribution in [0.5, 0.6) is 0 Å². The Kier molecular flexibility index (Phi) is 5.78. The van der Waals surface area contributed by atoms with E-state index in [1.807, 2.05) is 0 Å². The molecule has 0 fully saturated rings. The summed E-state index contributed by atoms with van der Waals surface area (Å²) in [6.45, 7) is 5.40. The van der Waals surface area contributed by atoms with Crippen LogP contribution in [0.4, 0.5) is 0 Å². The predicted octanol–water partition coefficient (Wildman–Crippen LogP) is 5.38. The van der Waals surface area contributed by atoms with Crippen LogP contribution in [0.2, 0.25) is 0 Å². The normalized spacial score (nSPS) is 12.5. The zero-order valence-electron chi connectivity index (χ0n) is 14.3. The molecule has 0 aliphatic heterocycles. The minimum atomic E-state index is 0.199. The van der Waals surface area contributed by atoms with Gasteiger partial charge in [0.2, 0.25) is 0 Å². The number of nitrogens with zero attached hydrogens (tertiary/aromatic N) is 1. The highest BCUT2D eigenvalue weighted by Crippen LogP contribution is 2.34. The Morgan fingerprint density at radius 1 is 0.958 bits per heavy atom. The lowest BCUT2D eigenvalue weighted by molar-refractivity contribution is 0.559. The van der Waals surface area contributed by atoms with E-state index in [-0.39, 0.29) is 5.92 Å². The van der Waals surface area contributed by atoms with Crippen molar-refractivity contribution >= 4 is 11.3 Å². The maximum Gasteiger partial charge on any atom is 0.105 e. The summed E-state index contributed by atoms with van der Waals surface area (Å²) in [7, 11) is 0. The van der Waals surface area contributed by atoms with Gasteiger partial charge in [-0.05, 0) is 31.0 Å². The molecule has 1 heterocycles. The lowest BCUT2D eigenvalue weighted by Gasteiger charge is -2.16. The molecule has 1 aromatic heterocycles. The Labute approximate surface area is 148 Å². The van der Waals surface area contributed by atoms with Crippen LogP contribution in [0.15, 0.2) is 66.0 Å². The molecular weight excluding hydrogens is 312 g/mol. The first-order valence-corrected chi connectivity index (χ1v) is 9.46. The highest BCUT2D eigenvalue weighted by molar-refractivity contribution is 7.09. The van der Waals surface area contributed by atoms with Crippen LogP contribution < -0.4 is 5.32 Å². The first-order chi connectivity index (χ1) is 11.8. The molecule has 0 spiro atoms. The molecule has 0 amide bonds. The van der Waals surface area contributed by atoms with Crippen molar-refractivity contribution in [2.45, 2.75) is 32.2 Å². The number of hydrogen-bond acceptors (Lipinski definition) is 3. The molecule has 0 aliphatic rings. The van der Waals surface area contributed by atoms with Gasteiger partial charge in [-0.2, -0.15) is 0 Å². The molecule has 124 valence electrons. The Bertz CT molecular complexity index is 697. The van der Waals surface area contributed by atoms with Crippen LogP contribution in [-0.4, -0.2) is 11.5 Å². The van der Waals surface area contributed by atoms with Gasteiger partial charge in [0, 0.05) is 11.4 Å². The molecule has 0 saturated carbocycles. The summed E-state index contributed by atoms with van der Waals surface area (Å²) in [5, 5.41) is 6.88. The lowest BCUT2D eigenvalue weighted by atomic mass is 9.92. The van der Waals surface area contributed by atoms with Crippen LogP contribution in [-0.2, 0) is 0 Å². The van der Waals surface area contributed by atoms with Crippen molar-refractivity contribution in [2.75, 3.05) is 6.54 Å². The summed E-state index contributed by atoms with van der Waals surface area (Å²) >= 11 is 1.76. The van der Waals surface area contributed by atoms with Gasteiger partial charge in [0.25, 0.3) is 0 Å². The van der Waals surface area contributed by atoms with E-state index >= 15 is 0 Å². The van der Waals surface area contributed by atoms with Gasteiger partial charge in [0.15, 0.2) is 0 Å². The first kappa shape index (κ1) is 16.9. The van der Waals surface area contributed by atoms with Gasteiger partial charge in [-0.3, -0.25) is 0 Å². The zero-order chi connectivity index (χ0) is 16.8. The third kappa shape index (κ3) is 3.92. The van der Waals surface area contributed by atoms with Gasteiger partial charge in [0.1, 0.15) is 5.01 Å². The first-order valence-electron chi connectivity index (χ1n) is 8.58. The summed E-state index contributed by atoms with van der Waals surface area (Å²) in [4.78, 5) is 4.97. The Balaban J connectivity index is 1.94. The average Bonchev–Trinajstić information content (AvgIpc) is 3.11. The van der Waals surface area contributed by atoms with E-state index in [2.05, 4.69) is 85.2 Å². The molecule has 1 unspecified atom stereocenters. The lowest BCUT2D eigenvalue weighted by Crippen LogP contribution is -2.19. The summed E-state index contributed by atoms with van der Waals surface area (Å²) in [6, 6.07) is 21.6. The van der Waals surface area contributed by atoms with E-state index < -0.39 is 0 Å². The second-order valence-electron chi connectivity index (χ2n) is 6.04. The van der Waals surface area contributed by atoms with Gasteiger partial charge < -0.3 is 5.32 Å². The van der Waals surface area contributed by atoms with Gasteiger partial charge in [-0.25, -0.2) is 4.98 Å². The summed E-state index contributed by atoms with van der Waals surface area (Å²) in [5.74, 6) is 0.199. The molecule has 2 nitrogen and oxygen atoms in total. The number of nitrogens with one attached hydrogen (secondary N) is 1. The molecule has 3 heteroatoms. The van der Waals surface area contributed by atoms with Crippen LogP contribution in [0.25, 0.3) is 0 Å². The van der Waals surface area contributed by atoms with Crippen LogP contribution in [0.3, 0.4) is 0 Å². The molecule has 1 atom stereocenters. The van der Waals surface area contributed by atoms with E-state index in [0.717, 1.165) is 23.7 Å². The van der Waals surface area contributed by atoms with Gasteiger partial charge in [0.05, 0.1) is 11.6 Å². The van der Waals surface area contributed by atoms with Crippen molar-refractivity contribution in [2.24, 2.45) is 0 Å². The van der Waals surface area contributed by atoms with Crippen molar-refractivity contribution in [1.82, 2.24) is 10.3 Å². The van der Waals surface area contributed by atoms with Crippen LogP contribution >= 0.6 is 11.3 Å². The number of benzene rings is 2. The smallest absolute Gasteiger partial charge is 0.105 e. The van der Waals surface area contributed by atoms with Crippen molar-refractivity contribution in [3.63, 3.8) is 0 Å². The molecule has 0 radical (unpaired) electrons. The number of aromatic nitrogens is 1. The fraction of sp³-hybridized carbons (Fsp3) is 0.286. The number of thiazole rings is 1. The molecule has 3 rings (SSSR count). The SMILES string of the molecule is CCCNC(C)c1csc(C(c2ccccc2)c2ccccc2)n1. The highest BCUT2D eigenvalue weighted by Gasteiger charge is 2.21. The standard InChI is InChI=1S/C21H24N2S/c1-3-14-22-16(2)19-15-24-21(23-19)20(17-10-6-4-7-11-17)18-12-8-5-9-13-18/h4-13,15-16,20,22H,3,14H2,1-2H3. The third-order valence-electron chi connectivity index (χ3n) is 4.20. The summed E-state index contributed by atoms with van der Waals surface area (Å²) in [6.07, 6.45) is 1.14. The quantitative estimate of drug-likeness (QED) is 0.626. The monoisotopic (exact) mass is 336 g/mol. The second-order valence-corrected chi connectivity index (χ2v) is 6.93. The maximum absolute atomic E-state index is 4.97. The summed E-state index contributed by atoms with van der Waals surface area (Å²) in [5.41, 5.74) is 3.72. The van der Waals surface area contributed by atoms with Crippen LogP contribution in [0, 0.1) is 0 Å². The Morgan fingerprint density at radius 3 is 2.08 bits per heavy atom. The topological polar surface area (TPSA) is 24.9 Å². The van der Waals surface area contributed by atoms with E-state index in [0.29, 0.717) is 6.04 Å². The van der Waals surface area contributed by atoms with E-state index in [1.54, 1.807) is 11.3 Å². The van der Waals surface area contributed by atoms with E-state index in [9.17, 15) is 0 Å². The Morgan fingerprint density at radius 2 is 1.54 bits per heavy atom. The fourth-order valence-corrected chi connectivity index (χ4v) is 3.93. The zero-order valence-corrected chi connectivity index (χ0v) is 15.1. The van der Waals surface area contributed by atoms with Crippen LogP contribution in [0.1, 0.15) is 54.1 Å². The van der Waals surface area contributed by atoms with Crippen molar-refractivity contribution in [3.8, 4) is 0 Å². The largest absolute Gasteiger partial charge is 0.309 e. The molecule has 0 saturated heterocycles. The van der Waals surface area contributed by atoms with Gasteiger partial charge in [-0.15, -0.1) is 11.3 Å². The van der Waals surface area contributed by atoms with Crippen molar-refractivity contribution in [3.05, 3.63) is 87.9 Å². The molecular formula is C21H24N2S. The molecule has 3 aromatic rings. The molecule has 2 aromatic carbocycles. The van der Waals surface area contributed by atoms with Crippen molar-refractivity contribution in [1.29, 1.82) is 0 Å². The summed E-state index contributed by atoms with van der Waals surface area (Å²) < 4.78 is 0. The Hall–Kier alpha value is -1.97. The number of hydrogen-bond donors (Lipinski definition) is 1. The highest BCUT2D eigenvalue weighted by atomic mass is 32.1. The molecule has 0 bridgehead atoms. The maximum atomic E-state index is 4.97. The van der Waals surface area contributed by atoms with Gasteiger partial charge >= 0.3 is 0 Å². The van der Waals surface area contributed by atoms with E-state index in [4.69, 9.17) is 4.98 Å². The van der Waals surface area contributed by atoms with Gasteiger partial charge in [-0.1, -0.05) is 67.6 Å². The minimum Gasteiger partial charge on any atom is -0.309 e. The third-order valence-corrected chi connectivity index (χ3v) is 5.12. The fourth-order valence-electron chi connectivity index (χ4n) is 2.87. The molecule has 1 N–H and O–H groups in total. The second kappa shape index (κ2) is 8.22.